The van der Waals surface area contributed by atoms with Crippen LogP contribution in [0.2, 0.25) is 0 Å². The van der Waals surface area contributed by atoms with Crippen LogP contribution in [0.3, 0.4) is 0 Å². The molecule has 0 radical (unpaired) electrons. The molecule has 3 nitrogen and oxygen atoms in total. The summed E-state index contributed by atoms with van der Waals surface area (Å²) in [5, 5.41) is 0.0554. The van der Waals surface area contributed by atoms with Gasteiger partial charge in [0.25, 0.3) is 0 Å². The molecule has 0 fully saturated rings. The van der Waals surface area contributed by atoms with Crippen molar-refractivity contribution in [3.05, 3.63) is 11.8 Å². The molecule has 7 heteroatoms. The number of nitrogens with zero attached hydrogens (tertiary/aromatic N) is 2. The minimum Gasteiger partial charge on any atom is -0.384 e. The lowest BCUT2D eigenvalue weighted by molar-refractivity contribution is -0.105. The van der Waals surface area contributed by atoms with E-state index in [1.807, 2.05) is 0 Å². The third-order valence-corrected chi connectivity index (χ3v) is 2.13. The molecule has 0 atom stereocenters. The Morgan fingerprint density at radius 3 is 2.57 bits per heavy atom. The van der Waals surface area contributed by atoms with E-state index in [1.54, 1.807) is 6.92 Å². The number of nitrogen functional groups attached to an aromatic ring is 1. The number of hydrogen-bond donors (Lipinski definition) is 1. The number of aryl methyl sites for hydroxylation is 1. The lowest BCUT2D eigenvalue weighted by Gasteiger charge is -2.05. The van der Waals surface area contributed by atoms with Crippen LogP contribution >= 0.6 is 11.8 Å². The topological polar surface area (TPSA) is 51.8 Å². The summed E-state index contributed by atoms with van der Waals surface area (Å²) in [6, 6.07) is 1.50. The van der Waals surface area contributed by atoms with E-state index in [0.717, 1.165) is 0 Å². The molecule has 1 aromatic heterocycles. The van der Waals surface area contributed by atoms with E-state index in [9.17, 15) is 13.2 Å². The van der Waals surface area contributed by atoms with Gasteiger partial charge in [-0.1, -0.05) is 11.8 Å². The molecule has 0 aliphatic rings. The average molecular weight is 223 g/mol. The third-order valence-electron chi connectivity index (χ3n) is 1.22. The zero-order valence-corrected chi connectivity index (χ0v) is 8.11. The lowest BCUT2D eigenvalue weighted by Crippen LogP contribution is -2.11. The normalized spacial score (nSPS) is 11.7. The first kappa shape index (κ1) is 11.1. The minimum absolute atomic E-state index is 0.0554. The predicted octanol–water partition coefficient (Wildman–Crippen LogP) is 2.02. The standard InChI is InChI=1S/C7H8F3N3S/c1-4-2-5(11)13-6(12-4)14-3-7(8,9)10/h2H,3H2,1H3,(H2,11,12,13). The second kappa shape index (κ2) is 4.04. The average Bonchev–Trinajstić information content (AvgIpc) is 1.97. The Labute approximate surface area is 82.9 Å². The van der Waals surface area contributed by atoms with Crippen LogP contribution in [-0.2, 0) is 0 Å². The monoisotopic (exact) mass is 223 g/mol. The number of rotatable bonds is 2. The van der Waals surface area contributed by atoms with Crippen LogP contribution in [0.25, 0.3) is 0 Å². The van der Waals surface area contributed by atoms with Crippen molar-refractivity contribution in [1.29, 1.82) is 0 Å². The molecule has 1 rings (SSSR count). The van der Waals surface area contributed by atoms with Gasteiger partial charge in [-0.3, -0.25) is 0 Å². The molecule has 1 aromatic rings. The smallest absolute Gasteiger partial charge is 0.384 e. The molecule has 0 saturated carbocycles. The minimum atomic E-state index is -4.22. The second-order valence-corrected chi connectivity index (χ2v) is 3.56. The van der Waals surface area contributed by atoms with Gasteiger partial charge in [-0.05, 0) is 6.92 Å². The molecule has 2 N–H and O–H groups in total. The van der Waals surface area contributed by atoms with Crippen LogP contribution in [0.5, 0.6) is 0 Å². The van der Waals surface area contributed by atoms with Crippen molar-refractivity contribution in [3.8, 4) is 0 Å². The molecule has 0 aromatic carbocycles. The van der Waals surface area contributed by atoms with Gasteiger partial charge in [0.05, 0.1) is 5.75 Å². The van der Waals surface area contributed by atoms with Crippen molar-refractivity contribution in [2.45, 2.75) is 18.3 Å². The Morgan fingerprint density at radius 1 is 1.43 bits per heavy atom. The first-order valence-electron chi connectivity index (χ1n) is 3.67. The quantitative estimate of drug-likeness (QED) is 0.615. The van der Waals surface area contributed by atoms with Crippen molar-refractivity contribution in [2.75, 3.05) is 11.5 Å². The van der Waals surface area contributed by atoms with Gasteiger partial charge in [-0.2, -0.15) is 13.2 Å². The summed E-state index contributed by atoms with van der Waals surface area (Å²) in [6.45, 7) is 1.65. The molecule has 0 aliphatic heterocycles. The van der Waals surface area contributed by atoms with E-state index < -0.39 is 11.9 Å². The van der Waals surface area contributed by atoms with Gasteiger partial charge in [0, 0.05) is 11.8 Å². The summed E-state index contributed by atoms with van der Waals surface area (Å²) >= 11 is 0.528. The summed E-state index contributed by atoms with van der Waals surface area (Å²) < 4.78 is 35.5. The molecular formula is C7H8F3N3S. The first-order valence-corrected chi connectivity index (χ1v) is 4.66. The zero-order chi connectivity index (χ0) is 10.8. The largest absolute Gasteiger partial charge is 0.398 e. The number of anilines is 1. The highest BCUT2D eigenvalue weighted by Crippen LogP contribution is 2.25. The molecule has 0 aliphatic carbocycles. The fourth-order valence-electron chi connectivity index (χ4n) is 0.776. The Balaban J connectivity index is 2.68. The summed E-state index contributed by atoms with van der Waals surface area (Å²) in [5.41, 5.74) is 5.91. The van der Waals surface area contributed by atoms with Crippen LogP contribution in [0, 0.1) is 6.92 Å². The first-order chi connectivity index (χ1) is 6.37. The number of aromatic nitrogens is 2. The molecule has 0 amide bonds. The molecule has 78 valence electrons. The van der Waals surface area contributed by atoms with Crippen LogP contribution in [0.4, 0.5) is 19.0 Å². The van der Waals surface area contributed by atoms with Crippen molar-refractivity contribution >= 4 is 17.6 Å². The summed E-state index contributed by atoms with van der Waals surface area (Å²) in [6.07, 6.45) is -4.22. The van der Waals surface area contributed by atoms with E-state index in [-0.39, 0.29) is 11.0 Å². The van der Waals surface area contributed by atoms with Gasteiger partial charge in [0.1, 0.15) is 5.82 Å². The van der Waals surface area contributed by atoms with Crippen molar-refractivity contribution < 1.29 is 13.2 Å². The summed E-state index contributed by atoms with van der Waals surface area (Å²) in [7, 11) is 0. The SMILES string of the molecule is Cc1cc(N)nc(SCC(F)(F)F)n1. The van der Waals surface area contributed by atoms with Gasteiger partial charge < -0.3 is 5.73 Å². The van der Waals surface area contributed by atoms with Crippen LogP contribution in [0.15, 0.2) is 11.2 Å². The number of nitrogens with two attached hydrogens (primary N) is 1. The molecule has 0 saturated heterocycles. The van der Waals surface area contributed by atoms with Crippen LogP contribution < -0.4 is 5.73 Å². The van der Waals surface area contributed by atoms with Crippen molar-refractivity contribution in [3.63, 3.8) is 0 Å². The summed E-state index contributed by atoms with van der Waals surface area (Å²) in [4.78, 5) is 7.48. The molecule has 0 unspecified atom stereocenters. The third kappa shape index (κ3) is 3.82. The van der Waals surface area contributed by atoms with E-state index in [1.165, 1.54) is 6.07 Å². The van der Waals surface area contributed by atoms with Gasteiger partial charge >= 0.3 is 6.18 Å². The van der Waals surface area contributed by atoms with Gasteiger partial charge in [0.2, 0.25) is 0 Å². The predicted molar refractivity (Wildman–Crippen MR) is 48.0 cm³/mol. The zero-order valence-electron chi connectivity index (χ0n) is 7.30. The van der Waals surface area contributed by atoms with Gasteiger partial charge in [-0.25, -0.2) is 9.97 Å². The Bertz CT molecular complexity index is 306. The van der Waals surface area contributed by atoms with Crippen molar-refractivity contribution in [2.24, 2.45) is 0 Å². The number of hydrogen-bond acceptors (Lipinski definition) is 4. The number of thioether (sulfide) groups is 1. The maximum Gasteiger partial charge on any atom is 0.398 e. The maximum absolute atomic E-state index is 11.8. The lowest BCUT2D eigenvalue weighted by atomic mass is 10.4. The summed E-state index contributed by atoms with van der Waals surface area (Å²) in [5.74, 6) is -0.822. The van der Waals surface area contributed by atoms with Crippen LogP contribution in [0.1, 0.15) is 5.69 Å². The molecular weight excluding hydrogens is 215 g/mol. The Hall–Kier alpha value is -0.980. The van der Waals surface area contributed by atoms with E-state index in [0.29, 0.717) is 17.5 Å². The fourth-order valence-corrected chi connectivity index (χ4v) is 1.45. The maximum atomic E-state index is 11.8. The van der Waals surface area contributed by atoms with E-state index >= 15 is 0 Å². The van der Waals surface area contributed by atoms with E-state index in [4.69, 9.17) is 5.73 Å². The van der Waals surface area contributed by atoms with Gasteiger partial charge in [-0.15, -0.1) is 0 Å². The molecule has 1 heterocycles. The fraction of sp³-hybridized carbons (Fsp3) is 0.429. The number of alkyl halides is 3. The second-order valence-electron chi connectivity index (χ2n) is 2.62. The number of halogens is 3. The van der Waals surface area contributed by atoms with Gasteiger partial charge in [0.15, 0.2) is 5.16 Å². The van der Waals surface area contributed by atoms with Crippen LogP contribution in [-0.4, -0.2) is 21.9 Å². The highest BCUT2D eigenvalue weighted by Gasteiger charge is 2.27. The van der Waals surface area contributed by atoms with E-state index in [2.05, 4.69) is 9.97 Å². The Kier molecular flexibility index (Phi) is 3.20. The highest BCUT2D eigenvalue weighted by molar-refractivity contribution is 7.99. The molecule has 0 spiro atoms. The Morgan fingerprint density at radius 2 is 2.07 bits per heavy atom. The molecule has 0 bridgehead atoms. The molecule has 14 heavy (non-hydrogen) atoms. The highest BCUT2D eigenvalue weighted by atomic mass is 32.2. The van der Waals surface area contributed by atoms with Crippen molar-refractivity contribution in [1.82, 2.24) is 9.97 Å².